The Labute approximate surface area is 127 Å². The molecule has 0 bridgehead atoms. The van der Waals surface area contributed by atoms with Crippen LogP contribution in [0.1, 0.15) is 24.0 Å². The molecule has 1 saturated carbocycles. The summed E-state index contributed by atoms with van der Waals surface area (Å²) in [6, 6.07) is 8.41. The molecule has 1 aliphatic rings. The van der Waals surface area contributed by atoms with Crippen LogP contribution in [0.5, 0.6) is 0 Å². The lowest BCUT2D eigenvalue weighted by atomic mass is 9.97. The summed E-state index contributed by atoms with van der Waals surface area (Å²) in [7, 11) is 0. The molecule has 1 nitrogen and oxygen atoms in total. The highest BCUT2D eigenvalue weighted by molar-refractivity contribution is 6.30. The third-order valence-corrected chi connectivity index (χ3v) is 4.00. The molecule has 0 aromatic heterocycles. The Bertz CT molecular complexity index is 681. The second-order valence-electron chi connectivity index (χ2n) is 5.54. The minimum absolute atomic E-state index is 0.415. The number of benzene rings is 2. The fourth-order valence-corrected chi connectivity index (χ4v) is 2.57. The highest BCUT2D eigenvalue weighted by Gasteiger charge is 2.21. The maximum Gasteiger partial charge on any atom is 0.133 e. The molecule has 0 heterocycles. The highest BCUT2D eigenvalue weighted by atomic mass is 35.5. The van der Waals surface area contributed by atoms with Crippen molar-refractivity contribution in [1.29, 1.82) is 0 Å². The van der Waals surface area contributed by atoms with Crippen molar-refractivity contribution in [2.75, 3.05) is 0 Å². The van der Waals surface area contributed by atoms with Crippen LogP contribution in [0.15, 0.2) is 30.3 Å². The first-order chi connectivity index (χ1) is 10.0. The molecule has 0 unspecified atom stereocenters. The van der Waals surface area contributed by atoms with Gasteiger partial charge in [-0.2, -0.15) is 0 Å². The predicted molar refractivity (Wildman–Crippen MR) is 81.4 cm³/mol. The second-order valence-corrected chi connectivity index (χ2v) is 5.97. The lowest BCUT2D eigenvalue weighted by Crippen LogP contribution is -2.16. The summed E-state index contributed by atoms with van der Waals surface area (Å²) >= 11 is 6.05. The van der Waals surface area contributed by atoms with E-state index in [1.54, 1.807) is 25.1 Å². The summed E-state index contributed by atoms with van der Waals surface area (Å²) < 4.78 is 27.5. The molecule has 21 heavy (non-hydrogen) atoms. The van der Waals surface area contributed by atoms with Crippen LogP contribution >= 0.6 is 11.6 Å². The molecule has 0 radical (unpaired) electrons. The molecule has 1 N–H and O–H groups in total. The smallest absolute Gasteiger partial charge is 0.133 e. The van der Waals surface area contributed by atoms with Gasteiger partial charge >= 0.3 is 0 Å². The van der Waals surface area contributed by atoms with Crippen molar-refractivity contribution in [3.8, 4) is 11.1 Å². The molecule has 1 fully saturated rings. The van der Waals surface area contributed by atoms with Gasteiger partial charge in [0.05, 0.1) is 0 Å². The lowest BCUT2D eigenvalue weighted by Gasteiger charge is -2.13. The maximum atomic E-state index is 14.1. The van der Waals surface area contributed by atoms with Gasteiger partial charge in [0.25, 0.3) is 0 Å². The van der Waals surface area contributed by atoms with Crippen LogP contribution in [0.25, 0.3) is 11.1 Å². The van der Waals surface area contributed by atoms with Crippen molar-refractivity contribution >= 4 is 11.6 Å². The average molecular weight is 308 g/mol. The first-order valence-electron chi connectivity index (χ1n) is 7.02. The molecule has 3 rings (SSSR count). The van der Waals surface area contributed by atoms with Crippen molar-refractivity contribution < 1.29 is 8.78 Å². The van der Waals surface area contributed by atoms with E-state index in [0.29, 0.717) is 28.7 Å². The van der Waals surface area contributed by atoms with Gasteiger partial charge < -0.3 is 5.32 Å². The summed E-state index contributed by atoms with van der Waals surface area (Å²) in [5.41, 5.74) is 2.54. The molecule has 4 heteroatoms. The van der Waals surface area contributed by atoms with E-state index in [4.69, 9.17) is 11.6 Å². The molecule has 1 aliphatic carbocycles. The molecule has 110 valence electrons. The molecule has 2 aromatic rings. The number of hydrogen-bond acceptors (Lipinski definition) is 1. The van der Waals surface area contributed by atoms with Crippen LogP contribution in [0.2, 0.25) is 5.02 Å². The Morgan fingerprint density at radius 1 is 1.10 bits per heavy atom. The number of nitrogens with one attached hydrogen (secondary N) is 1. The largest absolute Gasteiger partial charge is 0.310 e. The van der Waals surface area contributed by atoms with Crippen molar-refractivity contribution in [3.63, 3.8) is 0 Å². The normalized spacial score (nSPS) is 14.5. The zero-order chi connectivity index (χ0) is 15.0. The Morgan fingerprint density at radius 2 is 1.86 bits per heavy atom. The summed E-state index contributed by atoms with van der Waals surface area (Å²) in [4.78, 5) is 0. The van der Waals surface area contributed by atoms with E-state index in [1.807, 2.05) is 6.07 Å². The topological polar surface area (TPSA) is 12.0 Å². The summed E-state index contributed by atoms with van der Waals surface area (Å²) in [5, 5.41) is 4.02. The molecule has 0 atom stereocenters. The second kappa shape index (κ2) is 5.74. The molecule has 0 amide bonds. The molecular weight excluding hydrogens is 292 g/mol. The van der Waals surface area contributed by atoms with E-state index in [9.17, 15) is 8.78 Å². The zero-order valence-corrected chi connectivity index (χ0v) is 12.5. The maximum absolute atomic E-state index is 14.1. The van der Waals surface area contributed by atoms with E-state index in [1.165, 1.54) is 12.8 Å². The van der Waals surface area contributed by atoms with Crippen molar-refractivity contribution in [2.24, 2.45) is 0 Å². The fraction of sp³-hybridized carbons (Fsp3) is 0.294. The van der Waals surface area contributed by atoms with Crippen LogP contribution in [0.3, 0.4) is 0 Å². The Kier molecular flexibility index (Phi) is 3.96. The SMILES string of the molecule is Cc1cc(-c2ccc(Cl)cc2CNC2CC2)c(F)cc1F. The third kappa shape index (κ3) is 3.25. The zero-order valence-electron chi connectivity index (χ0n) is 11.7. The van der Waals surface area contributed by atoms with E-state index < -0.39 is 11.6 Å². The standard InChI is InChI=1S/C17H16ClF2N/c1-10-6-15(17(20)8-16(10)19)14-5-2-12(18)7-11(14)9-21-13-3-4-13/h2,5-8,13,21H,3-4,9H2,1H3. The Hall–Kier alpha value is -1.45. The molecular formula is C17H16ClF2N. The molecule has 0 saturated heterocycles. The highest BCUT2D eigenvalue weighted by Crippen LogP contribution is 2.31. The van der Waals surface area contributed by atoms with Crippen molar-refractivity contribution in [1.82, 2.24) is 5.32 Å². The minimum atomic E-state index is -0.548. The molecule has 2 aromatic carbocycles. The van der Waals surface area contributed by atoms with Gasteiger partial charge in [-0.15, -0.1) is 0 Å². The first kappa shape index (κ1) is 14.5. The minimum Gasteiger partial charge on any atom is -0.310 e. The van der Waals surface area contributed by atoms with Gasteiger partial charge in [-0.25, -0.2) is 8.78 Å². The molecule has 0 aliphatic heterocycles. The van der Waals surface area contributed by atoms with Gasteiger partial charge in [-0.05, 0) is 54.7 Å². The number of halogens is 3. The quantitative estimate of drug-likeness (QED) is 0.852. The average Bonchev–Trinajstić information content (AvgIpc) is 3.25. The van der Waals surface area contributed by atoms with E-state index in [-0.39, 0.29) is 0 Å². The lowest BCUT2D eigenvalue weighted by molar-refractivity contribution is 0.579. The summed E-state index contributed by atoms with van der Waals surface area (Å²) in [6.07, 6.45) is 2.36. The van der Waals surface area contributed by atoms with Crippen molar-refractivity contribution in [3.05, 3.63) is 58.1 Å². The third-order valence-electron chi connectivity index (χ3n) is 3.76. The van der Waals surface area contributed by atoms with Gasteiger partial charge in [0, 0.05) is 29.2 Å². The van der Waals surface area contributed by atoms with E-state index >= 15 is 0 Å². The monoisotopic (exact) mass is 307 g/mol. The fourth-order valence-electron chi connectivity index (χ4n) is 2.38. The van der Waals surface area contributed by atoms with Crippen LogP contribution in [0.4, 0.5) is 8.78 Å². The summed E-state index contributed by atoms with van der Waals surface area (Å²) in [5.74, 6) is -1.07. The van der Waals surface area contributed by atoms with Gasteiger partial charge in [0.1, 0.15) is 11.6 Å². The van der Waals surface area contributed by atoms with Crippen LogP contribution < -0.4 is 5.32 Å². The first-order valence-corrected chi connectivity index (χ1v) is 7.40. The number of rotatable bonds is 4. The van der Waals surface area contributed by atoms with Gasteiger partial charge in [-0.1, -0.05) is 17.7 Å². The van der Waals surface area contributed by atoms with Gasteiger partial charge in [0.2, 0.25) is 0 Å². The Morgan fingerprint density at radius 3 is 2.57 bits per heavy atom. The van der Waals surface area contributed by atoms with Gasteiger partial charge in [-0.3, -0.25) is 0 Å². The number of aryl methyl sites for hydroxylation is 1. The van der Waals surface area contributed by atoms with Crippen LogP contribution in [-0.4, -0.2) is 6.04 Å². The Balaban J connectivity index is 2.02. The molecule has 0 spiro atoms. The van der Waals surface area contributed by atoms with Gasteiger partial charge in [0.15, 0.2) is 0 Å². The summed E-state index contributed by atoms with van der Waals surface area (Å²) in [6.45, 7) is 2.27. The van der Waals surface area contributed by atoms with E-state index in [0.717, 1.165) is 17.2 Å². The van der Waals surface area contributed by atoms with Crippen molar-refractivity contribution in [2.45, 2.75) is 32.4 Å². The number of hydrogen-bond donors (Lipinski definition) is 1. The van der Waals surface area contributed by atoms with Crippen LogP contribution in [0, 0.1) is 18.6 Å². The van der Waals surface area contributed by atoms with Crippen LogP contribution in [-0.2, 0) is 6.54 Å². The predicted octanol–water partition coefficient (Wildman–Crippen LogP) is 4.85. The van der Waals surface area contributed by atoms with E-state index in [2.05, 4.69) is 5.32 Å².